The molecule has 0 atom stereocenters. The van der Waals surface area contributed by atoms with E-state index >= 15 is 0 Å². The molecular weight excluding hydrogens is 270 g/mol. The second kappa shape index (κ2) is 5.32. The Hall–Kier alpha value is -0.670. The van der Waals surface area contributed by atoms with Crippen molar-refractivity contribution in [3.05, 3.63) is 0 Å². The van der Waals surface area contributed by atoms with E-state index in [0.717, 1.165) is 4.31 Å². The molecule has 1 fully saturated rings. The van der Waals surface area contributed by atoms with E-state index in [2.05, 4.69) is 0 Å². The number of carboxylic acid groups (broad SMARTS) is 1. The quantitative estimate of drug-likeness (QED) is 0.703. The van der Waals surface area contributed by atoms with Crippen molar-refractivity contribution in [1.29, 1.82) is 0 Å². The van der Waals surface area contributed by atoms with Gasteiger partial charge in [-0.05, 0) is 6.42 Å². The minimum atomic E-state index is -3.66. The number of rotatable bonds is 4. The van der Waals surface area contributed by atoms with Crippen LogP contribution < -0.4 is 0 Å². The van der Waals surface area contributed by atoms with Crippen molar-refractivity contribution >= 4 is 25.8 Å². The Morgan fingerprint density at radius 2 is 1.88 bits per heavy atom. The molecule has 100 valence electrons. The summed E-state index contributed by atoms with van der Waals surface area (Å²) in [6, 6.07) is 0. The largest absolute Gasteiger partial charge is 0.481 e. The maximum atomic E-state index is 11.7. The lowest BCUT2D eigenvalue weighted by atomic mass is 10.5. The maximum Gasteiger partial charge on any atom is 0.304 e. The van der Waals surface area contributed by atoms with E-state index < -0.39 is 38.0 Å². The second-order valence-corrected chi connectivity index (χ2v) is 8.26. The smallest absolute Gasteiger partial charge is 0.304 e. The molecule has 0 bridgehead atoms. The average molecular weight is 285 g/mol. The zero-order valence-corrected chi connectivity index (χ0v) is 10.8. The van der Waals surface area contributed by atoms with Crippen molar-refractivity contribution in [3.63, 3.8) is 0 Å². The maximum absolute atomic E-state index is 11.7. The Morgan fingerprint density at radius 1 is 1.24 bits per heavy atom. The van der Waals surface area contributed by atoms with Crippen molar-refractivity contribution in [3.8, 4) is 0 Å². The summed E-state index contributed by atoms with van der Waals surface area (Å²) in [6.07, 6.45) is -0.208. The van der Waals surface area contributed by atoms with E-state index in [1.165, 1.54) is 0 Å². The van der Waals surface area contributed by atoms with Crippen LogP contribution in [0.15, 0.2) is 0 Å². The van der Waals surface area contributed by atoms with Gasteiger partial charge in [-0.1, -0.05) is 0 Å². The van der Waals surface area contributed by atoms with Crippen LogP contribution in [-0.4, -0.2) is 62.6 Å². The number of sulfonamides is 1. The average Bonchev–Trinajstić information content (AvgIpc) is 2.37. The molecule has 0 spiro atoms. The van der Waals surface area contributed by atoms with Crippen molar-refractivity contribution in [2.45, 2.75) is 12.8 Å². The third kappa shape index (κ3) is 4.60. The monoisotopic (exact) mass is 285 g/mol. The van der Waals surface area contributed by atoms with Crippen LogP contribution in [0.5, 0.6) is 0 Å². The molecule has 9 heteroatoms. The molecule has 0 aromatic rings. The normalized spacial score (nSPS) is 21.9. The summed E-state index contributed by atoms with van der Waals surface area (Å²) in [5, 5.41) is 8.43. The molecule has 1 N–H and O–H groups in total. The molecule has 0 aromatic heterocycles. The van der Waals surface area contributed by atoms with Gasteiger partial charge >= 0.3 is 5.97 Å². The van der Waals surface area contributed by atoms with E-state index in [4.69, 9.17) is 5.11 Å². The summed E-state index contributed by atoms with van der Waals surface area (Å²) >= 11 is 0. The van der Waals surface area contributed by atoms with Crippen molar-refractivity contribution < 1.29 is 26.7 Å². The van der Waals surface area contributed by atoms with Gasteiger partial charge in [0.15, 0.2) is 9.84 Å². The van der Waals surface area contributed by atoms with Gasteiger partial charge in [0.25, 0.3) is 0 Å². The van der Waals surface area contributed by atoms with Gasteiger partial charge in [-0.2, -0.15) is 0 Å². The number of sulfone groups is 1. The molecule has 0 saturated carbocycles. The first-order valence-corrected chi connectivity index (χ1v) is 8.56. The van der Waals surface area contributed by atoms with Crippen LogP contribution in [0.25, 0.3) is 0 Å². The second-order valence-electron chi connectivity index (χ2n) is 3.86. The summed E-state index contributed by atoms with van der Waals surface area (Å²) in [4.78, 5) is 10.3. The van der Waals surface area contributed by atoms with Gasteiger partial charge in [0.1, 0.15) is 0 Å². The van der Waals surface area contributed by atoms with Crippen molar-refractivity contribution in [2.75, 3.05) is 30.3 Å². The molecule has 1 heterocycles. The first kappa shape index (κ1) is 14.4. The van der Waals surface area contributed by atoms with E-state index in [1.54, 1.807) is 0 Å². The standard InChI is InChI=1S/C8H15NO6S2/c10-8(11)2-6-17(14,15)9-3-1-5-16(12,13)7-4-9/h1-7H2,(H,10,11). The molecule has 0 radical (unpaired) electrons. The third-order valence-electron chi connectivity index (χ3n) is 2.48. The van der Waals surface area contributed by atoms with Crippen LogP contribution in [0.4, 0.5) is 0 Å². The van der Waals surface area contributed by atoms with Gasteiger partial charge in [-0.15, -0.1) is 0 Å². The van der Waals surface area contributed by atoms with Crippen LogP contribution >= 0.6 is 0 Å². The SMILES string of the molecule is O=C(O)CCS(=O)(=O)N1CCCS(=O)(=O)CC1. The highest BCUT2D eigenvalue weighted by molar-refractivity contribution is 7.91. The van der Waals surface area contributed by atoms with E-state index in [0.29, 0.717) is 0 Å². The topological polar surface area (TPSA) is 109 Å². The molecule has 1 aliphatic heterocycles. The number of carbonyl (C=O) groups is 1. The van der Waals surface area contributed by atoms with Gasteiger partial charge in [0.2, 0.25) is 10.0 Å². The fraction of sp³-hybridized carbons (Fsp3) is 0.875. The Labute approximate surface area is 100 Å². The minimum absolute atomic E-state index is 0.0159. The summed E-state index contributed by atoms with van der Waals surface area (Å²) in [7, 11) is -6.83. The summed E-state index contributed by atoms with van der Waals surface area (Å²) in [5.41, 5.74) is 0. The molecule has 1 rings (SSSR count). The molecule has 17 heavy (non-hydrogen) atoms. The van der Waals surface area contributed by atoms with Crippen LogP contribution in [0.2, 0.25) is 0 Å². The fourth-order valence-corrected chi connectivity index (χ4v) is 4.39. The zero-order chi connectivity index (χ0) is 13.1. The highest BCUT2D eigenvalue weighted by atomic mass is 32.2. The lowest BCUT2D eigenvalue weighted by Gasteiger charge is -2.18. The summed E-state index contributed by atoms with van der Waals surface area (Å²) in [5.74, 6) is -1.88. The van der Waals surface area contributed by atoms with E-state index in [1.807, 2.05) is 0 Å². The van der Waals surface area contributed by atoms with Crippen LogP contribution in [0.1, 0.15) is 12.8 Å². The third-order valence-corrected chi connectivity index (χ3v) is 6.07. The van der Waals surface area contributed by atoms with Gasteiger partial charge < -0.3 is 5.11 Å². The highest BCUT2D eigenvalue weighted by Crippen LogP contribution is 2.10. The summed E-state index contributed by atoms with van der Waals surface area (Å²) in [6.45, 7) is 0.0610. The van der Waals surface area contributed by atoms with Gasteiger partial charge in [-0.25, -0.2) is 21.1 Å². The van der Waals surface area contributed by atoms with Crippen LogP contribution in [-0.2, 0) is 24.7 Å². The minimum Gasteiger partial charge on any atom is -0.481 e. The first-order valence-electron chi connectivity index (χ1n) is 5.13. The lowest BCUT2D eigenvalue weighted by Crippen LogP contribution is -2.35. The molecule has 7 nitrogen and oxygen atoms in total. The first-order chi connectivity index (χ1) is 7.73. The van der Waals surface area contributed by atoms with Crippen molar-refractivity contribution in [2.24, 2.45) is 0 Å². The predicted octanol–water partition coefficient (Wildman–Crippen LogP) is -1.09. The molecule has 0 aromatic carbocycles. The molecular formula is C8H15NO6S2. The Kier molecular flexibility index (Phi) is 4.50. The predicted molar refractivity (Wildman–Crippen MR) is 60.9 cm³/mol. The number of hydrogen-bond acceptors (Lipinski definition) is 5. The Morgan fingerprint density at radius 3 is 2.47 bits per heavy atom. The Bertz CT molecular complexity index is 480. The number of aliphatic carboxylic acids is 1. The molecule has 0 unspecified atom stereocenters. The van der Waals surface area contributed by atoms with E-state index in [9.17, 15) is 21.6 Å². The van der Waals surface area contributed by atoms with E-state index in [-0.39, 0.29) is 31.0 Å². The molecule has 1 aliphatic rings. The number of carboxylic acids is 1. The van der Waals surface area contributed by atoms with Gasteiger partial charge in [-0.3, -0.25) is 4.79 Å². The van der Waals surface area contributed by atoms with Gasteiger partial charge in [0, 0.05) is 13.1 Å². The van der Waals surface area contributed by atoms with Gasteiger partial charge in [0.05, 0.1) is 23.7 Å². The molecule has 0 aliphatic carbocycles. The molecule has 1 saturated heterocycles. The van der Waals surface area contributed by atoms with Crippen molar-refractivity contribution in [1.82, 2.24) is 4.31 Å². The lowest BCUT2D eigenvalue weighted by molar-refractivity contribution is -0.136. The summed E-state index contributed by atoms with van der Waals surface area (Å²) < 4.78 is 47.1. The number of nitrogens with zero attached hydrogens (tertiary/aromatic N) is 1. The van der Waals surface area contributed by atoms with Crippen LogP contribution in [0.3, 0.4) is 0 Å². The number of hydrogen-bond donors (Lipinski definition) is 1. The fourth-order valence-electron chi connectivity index (χ4n) is 1.54. The Balaban J connectivity index is 2.69. The zero-order valence-electron chi connectivity index (χ0n) is 9.20. The van der Waals surface area contributed by atoms with Crippen LogP contribution in [0, 0.1) is 0 Å². The highest BCUT2D eigenvalue weighted by Gasteiger charge is 2.27. The molecule has 0 amide bonds.